The molecule has 2 N–H and O–H groups in total. The summed E-state index contributed by atoms with van der Waals surface area (Å²) in [6, 6.07) is 0.321. The molecule has 0 bridgehead atoms. The molecule has 0 radical (unpaired) electrons. The highest BCUT2D eigenvalue weighted by Gasteiger charge is 2.24. The van der Waals surface area contributed by atoms with Crippen LogP contribution in [0.15, 0.2) is 0 Å². The van der Waals surface area contributed by atoms with E-state index in [2.05, 4.69) is 12.2 Å². The van der Waals surface area contributed by atoms with Crippen molar-refractivity contribution in [2.75, 3.05) is 6.54 Å². The van der Waals surface area contributed by atoms with Crippen molar-refractivity contribution in [3.05, 3.63) is 0 Å². The molecular weight excluding hydrogens is 268 g/mol. The molecule has 0 aromatic heterocycles. The Kier molecular flexibility index (Phi) is 7.54. The maximum absolute atomic E-state index is 12.3. The van der Waals surface area contributed by atoms with E-state index in [1.165, 1.54) is 19.3 Å². The number of amides is 2. The fraction of sp³-hybridized carbons (Fsp3) is 0.875. The van der Waals surface area contributed by atoms with Gasteiger partial charge in [0.05, 0.1) is 0 Å². The molecule has 5 nitrogen and oxygen atoms in total. The van der Waals surface area contributed by atoms with E-state index in [4.69, 9.17) is 5.11 Å². The first kappa shape index (κ1) is 17.8. The molecule has 1 aliphatic carbocycles. The van der Waals surface area contributed by atoms with Crippen LogP contribution in [0.25, 0.3) is 0 Å². The Morgan fingerprint density at radius 1 is 1.24 bits per heavy atom. The lowest BCUT2D eigenvalue weighted by atomic mass is 9.84. The zero-order valence-electron chi connectivity index (χ0n) is 13.6. The van der Waals surface area contributed by atoms with Gasteiger partial charge in [0.1, 0.15) is 0 Å². The molecule has 21 heavy (non-hydrogen) atoms. The highest BCUT2D eigenvalue weighted by atomic mass is 16.4. The van der Waals surface area contributed by atoms with Crippen molar-refractivity contribution < 1.29 is 14.7 Å². The highest BCUT2D eigenvalue weighted by molar-refractivity contribution is 5.75. The lowest BCUT2D eigenvalue weighted by molar-refractivity contribution is -0.137. The van der Waals surface area contributed by atoms with Crippen LogP contribution in [0, 0.1) is 5.92 Å². The monoisotopic (exact) mass is 298 g/mol. The van der Waals surface area contributed by atoms with E-state index in [0.29, 0.717) is 13.0 Å². The second-order valence-corrected chi connectivity index (χ2v) is 6.36. The van der Waals surface area contributed by atoms with E-state index >= 15 is 0 Å². The largest absolute Gasteiger partial charge is 0.481 e. The number of aliphatic carboxylic acids is 1. The Balaban J connectivity index is 2.40. The Morgan fingerprint density at radius 2 is 1.86 bits per heavy atom. The number of carbonyl (C=O) groups is 2. The van der Waals surface area contributed by atoms with Crippen molar-refractivity contribution in [3.63, 3.8) is 0 Å². The average Bonchev–Trinajstić information content (AvgIpc) is 2.43. The number of urea groups is 1. The number of nitrogens with zero attached hydrogens (tertiary/aromatic N) is 1. The second-order valence-electron chi connectivity index (χ2n) is 6.36. The van der Waals surface area contributed by atoms with E-state index in [1.54, 1.807) is 4.90 Å². The van der Waals surface area contributed by atoms with Gasteiger partial charge in [-0.2, -0.15) is 0 Å². The number of carboxylic acid groups (broad SMARTS) is 1. The molecule has 1 rings (SSSR count). The molecule has 1 aliphatic rings. The van der Waals surface area contributed by atoms with Gasteiger partial charge in [0.2, 0.25) is 0 Å². The normalized spacial score (nSPS) is 22.1. The van der Waals surface area contributed by atoms with E-state index in [9.17, 15) is 9.59 Å². The number of rotatable bonds is 7. The lowest BCUT2D eigenvalue weighted by Crippen LogP contribution is -2.49. The minimum absolute atomic E-state index is 0.0460. The van der Waals surface area contributed by atoms with Gasteiger partial charge in [0.15, 0.2) is 0 Å². The molecule has 1 fully saturated rings. The average molecular weight is 298 g/mol. The lowest BCUT2D eigenvalue weighted by Gasteiger charge is -2.32. The Bertz CT molecular complexity index is 336. The van der Waals surface area contributed by atoms with Crippen LogP contribution in [0.4, 0.5) is 4.79 Å². The zero-order chi connectivity index (χ0) is 15.8. The van der Waals surface area contributed by atoms with Gasteiger partial charge in [-0.1, -0.05) is 13.3 Å². The molecule has 0 unspecified atom stereocenters. The number of hydrogen-bond donors (Lipinski definition) is 2. The van der Waals surface area contributed by atoms with Gasteiger partial charge in [-0.05, 0) is 51.9 Å². The zero-order valence-corrected chi connectivity index (χ0v) is 13.6. The third-order valence-electron chi connectivity index (χ3n) is 4.43. The number of carbonyl (C=O) groups excluding carboxylic acids is 1. The summed E-state index contributed by atoms with van der Waals surface area (Å²) >= 11 is 0. The standard InChI is InChI=1S/C16H30N2O3/c1-4-13-7-9-14(10-8-13)17-16(21)18(12(2)3)11-5-6-15(19)20/h12-14H,4-11H2,1-3H3,(H,17,21)(H,19,20). The quantitative estimate of drug-likeness (QED) is 0.758. The first-order valence-corrected chi connectivity index (χ1v) is 8.23. The molecule has 0 aromatic carbocycles. The molecular formula is C16H30N2O3. The van der Waals surface area contributed by atoms with Crippen LogP contribution in [-0.2, 0) is 4.79 Å². The fourth-order valence-electron chi connectivity index (χ4n) is 2.97. The van der Waals surface area contributed by atoms with Gasteiger partial charge in [0, 0.05) is 25.0 Å². The van der Waals surface area contributed by atoms with E-state index in [0.717, 1.165) is 18.8 Å². The third kappa shape index (κ3) is 6.36. The van der Waals surface area contributed by atoms with Crippen molar-refractivity contribution in [1.82, 2.24) is 10.2 Å². The Hall–Kier alpha value is -1.26. The van der Waals surface area contributed by atoms with Crippen LogP contribution in [0.3, 0.4) is 0 Å². The summed E-state index contributed by atoms with van der Waals surface area (Å²) < 4.78 is 0. The predicted molar refractivity (Wildman–Crippen MR) is 83.3 cm³/mol. The van der Waals surface area contributed by atoms with E-state index in [-0.39, 0.29) is 24.5 Å². The Morgan fingerprint density at radius 3 is 2.33 bits per heavy atom. The summed E-state index contributed by atoms with van der Waals surface area (Å²) in [4.78, 5) is 24.7. The summed E-state index contributed by atoms with van der Waals surface area (Å²) in [7, 11) is 0. The summed E-state index contributed by atoms with van der Waals surface area (Å²) in [6.07, 6.45) is 6.36. The van der Waals surface area contributed by atoms with Crippen molar-refractivity contribution in [3.8, 4) is 0 Å². The highest BCUT2D eigenvalue weighted by Crippen LogP contribution is 2.26. The van der Waals surface area contributed by atoms with Crippen LogP contribution < -0.4 is 5.32 Å². The SMILES string of the molecule is CCC1CCC(NC(=O)N(CCCC(=O)O)C(C)C)CC1. The number of nitrogens with one attached hydrogen (secondary N) is 1. The van der Waals surface area contributed by atoms with Crippen molar-refractivity contribution >= 4 is 12.0 Å². The van der Waals surface area contributed by atoms with Crippen molar-refractivity contribution in [2.24, 2.45) is 5.92 Å². The van der Waals surface area contributed by atoms with Gasteiger partial charge >= 0.3 is 12.0 Å². The van der Waals surface area contributed by atoms with Crippen LogP contribution in [-0.4, -0.2) is 40.6 Å². The van der Waals surface area contributed by atoms with Gasteiger partial charge in [-0.15, -0.1) is 0 Å². The summed E-state index contributed by atoms with van der Waals surface area (Å²) in [6.45, 7) is 6.66. The summed E-state index contributed by atoms with van der Waals surface area (Å²) in [5.74, 6) is 0.00641. The predicted octanol–water partition coefficient (Wildman–Crippen LogP) is 3.24. The minimum atomic E-state index is -0.808. The first-order chi connectivity index (χ1) is 9.93. The van der Waals surface area contributed by atoms with E-state index in [1.807, 2.05) is 13.8 Å². The van der Waals surface area contributed by atoms with Gasteiger partial charge in [-0.25, -0.2) is 4.79 Å². The topological polar surface area (TPSA) is 69.6 Å². The summed E-state index contributed by atoms with van der Waals surface area (Å²) in [5.41, 5.74) is 0. The molecule has 2 amide bonds. The molecule has 0 heterocycles. The molecule has 5 heteroatoms. The molecule has 0 atom stereocenters. The van der Waals surface area contributed by atoms with Gasteiger partial charge in [0.25, 0.3) is 0 Å². The molecule has 0 spiro atoms. The molecule has 0 aromatic rings. The second kappa shape index (κ2) is 8.90. The van der Waals surface area contributed by atoms with Crippen LogP contribution in [0.1, 0.15) is 65.7 Å². The molecule has 122 valence electrons. The molecule has 0 saturated heterocycles. The van der Waals surface area contributed by atoms with Crippen LogP contribution in [0.2, 0.25) is 0 Å². The van der Waals surface area contributed by atoms with Gasteiger partial charge in [-0.3, -0.25) is 4.79 Å². The van der Waals surface area contributed by atoms with E-state index < -0.39 is 5.97 Å². The fourth-order valence-corrected chi connectivity index (χ4v) is 2.97. The molecule has 1 saturated carbocycles. The maximum Gasteiger partial charge on any atom is 0.317 e. The smallest absolute Gasteiger partial charge is 0.317 e. The van der Waals surface area contributed by atoms with Crippen molar-refractivity contribution in [2.45, 2.75) is 77.8 Å². The third-order valence-corrected chi connectivity index (χ3v) is 4.43. The maximum atomic E-state index is 12.3. The number of carboxylic acids is 1. The van der Waals surface area contributed by atoms with Crippen LogP contribution in [0.5, 0.6) is 0 Å². The minimum Gasteiger partial charge on any atom is -0.481 e. The summed E-state index contributed by atoms with van der Waals surface area (Å²) in [5, 5.41) is 11.8. The Labute approximate surface area is 128 Å². The first-order valence-electron chi connectivity index (χ1n) is 8.23. The van der Waals surface area contributed by atoms with Gasteiger partial charge < -0.3 is 15.3 Å². The van der Waals surface area contributed by atoms with Crippen molar-refractivity contribution in [1.29, 1.82) is 0 Å². The number of hydrogen-bond acceptors (Lipinski definition) is 2. The molecule has 0 aliphatic heterocycles. The van der Waals surface area contributed by atoms with Crippen LogP contribution >= 0.6 is 0 Å².